The molecule has 0 fully saturated rings. The number of ether oxygens (including phenoxy) is 1. The molecule has 1 N–H and O–H groups in total. The molecule has 0 radical (unpaired) electrons. The molecule has 2 rings (SSSR count). The molecule has 1 atom stereocenters. The minimum absolute atomic E-state index is 0.285. The number of aliphatic hydroxyl groups is 1. The Morgan fingerprint density at radius 2 is 2.37 bits per heavy atom. The van der Waals surface area contributed by atoms with Gasteiger partial charge in [-0.25, -0.2) is 9.37 Å². The Morgan fingerprint density at radius 1 is 1.53 bits per heavy atom. The summed E-state index contributed by atoms with van der Waals surface area (Å²) in [6, 6.07) is 6.30. The number of halogens is 1. The van der Waals surface area contributed by atoms with E-state index in [1.54, 1.807) is 36.2 Å². The topological polar surface area (TPSA) is 47.3 Å². The number of nitrogens with zero attached hydrogens (tertiary/aromatic N) is 2. The number of benzene rings is 1. The maximum Gasteiger partial charge on any atom is 0.172 e. The Morgan fingerprint density at radius 3 is 3.11 bits per heavy atom. The average molecular weight is 282 g/mol. The van der Waals surface area contributed by atoms with E-state index in [1.807, 2.05) is 0 Å². The van der Waals surface area contributed by atoms with Gasteiger partial charge in [0, 0.05) is 25.3 Å². The minimum atomic E-state index is -0.548. The fourth-order valence-corrected chi connectivity index (χ4v) is 2.51. The first kappa shape index (κ1) is 14.0. The van der Waals surface area contributed by atoms with Crippen LogP contribution in [0.5, 0.6) is 0 Å². The van der Waals surface area contributed by atoms with Crippen LogP contribution >= 0.6 is 11.8 Å². The second-order valence-corrected chi connectivity index (χ2v) is 4.97. The van der Waals surface area contributed by atoms with Crippen LogP contribution in [-0.4, -0.2) is 40.2 Å². The van der Waals surface area contributed by atoms with Gasteiger partial charge in [-0.1, -0.05) is 17.8 Å². The molecule has 19 heavy (non-hydrogen) atoms. The van der Waals surface area contributed by atoms with Crippen LogP contribution in [0.4, 0.5) is 4.39 Å². The van der Waals surface area contributed by atoms with Crippen molar-refractivity contribution in [2.75, 3.05) is 19.5 Å². The van der Waals surface area contributed by atoms with Crippen molar-refractivity contribution in [3.63, 3.8) is 0 Å². The van der Waals surface area contributed by atoms with E-state index in [0.717, 1.165) is 0 Å². The molecule has 0 aliphatic carbocycles. The lowest BCUT2D eigenvalue weighted by molar-refractivity contribution is 0.0793. The summed E-state index contributed by atoms with van der Waals surface area (Å²) in [5.41, 5.74) is 0.709. The summed E-state index contributed by atoms with van der Waals surface area (Å²) in [7, 11) is 1.54. The summed E-state index contributed by atoms with van der Waals surface area (Å²) in [6.07, 6.45) is 2.86. The van der Waals surface area contributed by atoms with Gasteiger partial charge in [0.25, 0.3) is 0 Å². The highest BCUT2D eigenvalue weighted by molar-refractivity contribution is 7.99. The third-order valence-corrected chi connectivity index (χ3v) is 3.57. The van der Waals surface area contributed by atoms with Gasteiger partial charge in [0.15, 0.2) is 5.16 Å². The minimum Gasteiger partial charge on any atom is -0.390 e. The summed E-state index contributed by atoms with van der Waals surface area (Å²) in [5.74, 6) is 0.182. The van der Waals surface area contributed by atoms with Gasteiger partial charge in [-0.2, -0.15) is 0 Å². The first-order valence-electron chi connectivity index (χ1n) is 5.80. The zero-order chi connectivity index (χ0) is 13.7. The molecular weight excluding hydrogens is 267 g/mol. The van der Waals surface area contributed by atoms with E-state index in [1.165, 1.54) is 23.9 Å². The summed E-state index contributed by atoms with van der Waals surface area (Å²) in [6.45, 7) is 0.285. The molecule has 1 heterocycles. The van der Waals surface area contributed by atoms with E-state index in [2.05, 4.69) is 4.98 Å². The normalized spacial score (nSPS) is 12.6. The molecular formula is C13H15FN2O2S. The Balaban J connectivity index is 2.10. The van der Waals surface area contributed by atoms with E-state index < -0.39 is 6.10 Å². The zero-order valence-electron chi connectivity index (χ0n) is 10.5. The van der Waals surface area contributed by atoms with E-state index in [-0.39, 0.29) is 12.4 Å². The van der Waals surface area contributed by atoms with Crippen LogP contribution in [0.15, 0.2) is 41.8 Å². The van der Waals surface area contributed by atoms with Gasteiger partial charge < -0.3 is 9.84 Å². The monoisotopic (exact) mass is 282 g/mol. The SMILES string of the molecule is COC[C@@H](O)CSc1nccn1-c1cccc(F)c1. The standard InChI is InChI=1S/C13H15FN2O2S/c1-18-8-12(17)9-19-13-15-5-6-16(13)11-4-2-3-10(14)7-11/h2-7,12,17H,8-9H2,1H3/t12-/m1/s1. The van der Waals surface area contributed by atoms with Gasteiger partial charge >= 0.3 is 0 Å². The smallest absolute Gasteiger partial charge is 0.172 e. The summed E-state index contributed by atoms with van der Waals surface area (Å²) < 4.78 is 19.9. The number of thioether (sulfide) groups is 1. The summed E-state index contributed by atoms with van der Waals surface area (Å²) in [5, 5.41) is 10.3. The predicted octanol–water partition coefficient (Wildman–Crippen LogP) is 2.11. The van der Waals surface area contributed by atoms with Crippen LogP contribution in [0, 0.1) is 5.82 Å². The molecule has 2 aromatic rings. The number of aromatic nitrogens is 2. The van der Waals surface area contributed by atoms with Crippen molar-refractivity contribution in [1.82, 2.24) is 9.55 Å². The number of hydrogen-bond acceptors (Lipinski definition) is 4. The zero-order valence-corrected chi connectivity index (χ0v) is 11.3. The lowest BCUT2D eigenvalue weighted by atomic mass is 10.3. The van der Waals surface area contributed by atoms with Crippen LogP contribution < -0.4 is 0 Å². The second-order valence-electron chi connectivity index (χ2n) is 3.98. The molecule has 0 amide bonds. The third kappa shape index (κ3) is 3.79. The van der Waals surface area contributed by atoms with Crippen molar-refractivity contribution < 1.29 is 14.2 Å². The molecule has 0 aliphatic heterocycles. The predicted molar refractivity (Wildman–Crippen MR) is 72.1 cm³/mol. The van der Waals surface area contributed by atoms with Crippen LogP contribution in [-0.2, 0) is 4.74 Å². The first-order valence-corrected chi connectivity index (χ1v) is 6.78. The van der Waals surface area contributed by atoms with Gasteiger partial charge in [-0.3, -0.25) is 4.57 Å². The van der Waals surface area contributed by atoms with E-state index >= 15 is 0 Å². The average Bonchev–Trinajstić information content (AvgIpc) is 2.85. The van der Waals surface area contributed by atoms with Crippen LogP contribution in [0.1, 0.15) is 0 Å². The molecule has 1 aromatic carbocycles. The van der Waals surface area contributed by atoms with Gasteiger partial charge in [0.2, 0.25) is 0 Å². The Bertz CT molecular complexity index is 533. The maximum atomic E-state index is 13.2. The highest BCUT2D eigenvalue weighted by Crippen LogP contribution is 2.21. The molecule has 0 aliphatic rings. The van der Waals surface area contributed by atoms with E-state index in [9.17, 15) is 9.50 Å². The fraction of sp³-hybridized carbons (Fsp3) is 0.308. The largest absolute Gasteiger partial charge is 0.390 e. The summed E-state index contributed by atoms with van der Waals surface area (Å²) >= 11 is 1.40. The van der Waals surface area contributed by atoms with Gasteiger partial charge in [0.05, 0.1) is 18.4 Å². The molecule has 0 unspecified atom stereocenters. The molecule has 4 nitrogen and oxygen atoms in total. The maximum absolute atomic E-state index is 13.2. The number of hydrogen-bond donors (Lipinski definition) is 1. The Kier molecular flexibility index (Phi) is 4.95. The number of imidazole rings is 1. The van der Waals surface area contributed by atoms with Crippen molar-refractivity contribution in [3.05, 3.63) is 42.5 Å². The van der Waals surface area contributed by atoms with E-state index in [4.69, 9.17) is 4.74 Å². The van der Waals surface area contributed by atoms with Gasteiger partial charge in [0.1, 0.15) is 5.82 Å². The molecule has 0 spiro atoms. The number of methoxy groups -OCH3 is 1. The van der Waals surface area contributed by atoms with Crippen LogP contribution in [0.2, 0.25) is 0 Å². The van der Waals surface area contributed by atoms with Crippen LogP contribution in [0.3, 0.4) is 0 Å². The highest BCUT2D eigenvalue weighted by Gasteiger charge is 2.10. The number of rotatable bonds is 6. The van der Waals surface area contributed by atoms with Crippen molar-refractivity contribution in [1.29, 1.82) is 0 Å². The molecule has 0 saturated carbocycles. The molecule has 6 heteroatoms. The van der Waals surface area contributed by atoms with Crippen molar-refractivity contribution >= 4 is 11.8 Å². The Hall–Kier alpha value is -1.37. The van der Waals surface area contributed by atoms with Crippen LogP contribution in [0.25, 0.3) is 5.69 Å². The number of aliphatic hydroxyl groups excluding tert-OH is 1. The van der Waals surface area contributed by atoms with Crippen molar-refractivity contribution in [3.8, 4) is 5.69 Å². The quantitative estimate of drug-likeness (QED) is 0.824. The van der Waals surface area contributed by atoms with Crippen molar-refractivity contribution in [2.24, 2.45) is 0 Å². The fourth-order valence-electron chi connectivity index (χ4n) is 1.63. The molecule has 0 saturated heterocycles. The van der Waals surface area contributed by atoms with Gasteiger partial charge in [-0.05, 0) is 18.2 Å². The first-order chi connectivity index (χ1) is 9.20. The lowest BCUT2D eigenvalue weighted by Crippen LogP contribution is -2.17. The highest BCUT2D eigenvalue weighted by atomic mass is 32.2. The molecule has 1 aromatic heterocycles. The van der Waals surface area contributed by atoms with Crippen molar-refractivity contribution in [2.45, 2.75) is 11.3 Å². The second kappa shape index (κ2) is 6.70. The molecule has 0 bridgehead atoms. The van der Waals surface area contributed by atoms with Gasteiger partial charge in [-0.15, -0.1) is 0 Å². The third-order valence-electron chi connectivity index (χ3n) is 2.46. The Labute approximate surface area is 115 Å². The summed E-state index contributed by atoms with van der Waals surface area (Å²) in [4.78, 5) is 4.21. The van der Waals surface area contributed by atoms with E-state index in [0.29, 0.717) is 16.6 Å². The lowest BCUT2D eigenvalue weighted by Gasteiger charge is -2.10. The molecule has 102 valence electrons.